The maximum Gasteiger partial charge on any atom is 0.0402 e. The molecular weight excluding hydrogens is 160 g/mol. The fourth-order valence-electron chi connectivity index (χ4n) is 0. The van der Waals surface area contributed by atoms with Crippen molar-refractivity contribution >= 4 is 0 Å². The Morgan fingerprint density at radius 3 is 0.846 bits per heavy atom. The van der Waals surface area contributed by atoms with E-state index in [9.17, 15) is 0 Å². The normalized spacial score (nSPS) is 8.77. The van der Waals surface area contributed by atoms with E-state index in [4.69, 9.17) is 5.11 Å². The van der Waals surface area contributed by atoms with Crippen LogP contribution < -0.4 is 0 Å². The van der Waals surface area contributed by atoms with E-state index >= 15 is 0 Å². The molecule has 0 aromatic heterocycles. The Kier molecular flexibility index (Phi) is 25.7. The van der Waals surface area contributed by atoms with E-state index in [2.05, 4.69) is 41.5 Å². The Morgan fingerprint density at radius 2 is 0.846 bits per heavy atom. The minimum absolute atomic E-state index is 0.250. The van der Waals surface area contributed by atoms with Gasteiger partial charge in [-0.1, -0.05) is 54.4 Å². The van der Waals surface area contributed by atoms with Crippen molar-refractivity contribution in [2.75, 3.05) is 6.61 Å². The van der Waals surface area contributed by atoms with E-state index in [0.717, 1.165) is 11.8 Å². The molecule has 1 heteroatoms. The standard InChI is InChI=1S/2C5H12.C2H6O/c2*1-4-5(2)3;1-2-3/h2*5H,4H2,1-3H3;3H,2H2,1H3. The molecular formula is C12H30O. The molecule has 0 saturated carbocycles. The van der Waals surface area contributed by atoms with Gasteiger partial charge in [-0.2, -0.15) is 0 Å². The van der Waals surface area contributed by atoms with Crippen LogP contribution >= 0.6 is 0 Å². The van der Waals surface area contributed by atoms with E-state index < -0.39 is 0 Å². The van der Waals surface area contributed by atoms with Crippen LogP contribution in [0.1, 0.15) is 61.3 Å². The van der Waals surface area contributed by atoms with Crippen LogP contribution in [-0.2, 0) is 0 Å². The van der Waals surface area contributed by atoms with Crippen LogP contribution in [0.15, 0.2) is 0 Å². The molecule has 0 aliphatic heterocycles. The fourth-order valence-corrected chi connectivity index (χ4v) is 0. The van der Waals surface area contributed by atoms with Gasteiger partial charge in [0.25, 0.3) is 0 Å². The first-order chi connectivity index (χ1) is 5.95. The zero-order valence-corrected chi connectivity index (χ0v) is 10.7. The lowest BCUT2D eigenvalue weighted by Gasteiger charge is -1.90. The summed E-state index contributed by atoms with van der Waals surface area (Å²) in [4.78, 5) is 0. The Bertz CT molecular complexity index is 50.1. The SMILES string of the molecule is CCC(C)C.CCC(C)C.CCO. The molecule has 0 bridgehead atoms. The number of rotatable bonds is 2. The number of hydrogen-bond acceptors (Lipinski definition) is 1. The average Bonchev–Trinajstić information content (AvgIpc) is 2.07. The number of aliphatic hydroxyl groups is 1. The van der Waals surface area contributed by atoms with Gasteiger partial charge in [-0.15, -0.1) is 0 Å². The van der Waals surface area contributed by atoms with Crippen LogP contribution in [0.2, 0.25) is 0 Å². The van der Waals surface area contributed by atoms with E-state index in [1.165, 1.54) is 12.8 Å². The summed E-state index contributed by atoms with van der Waals surface area (Å²) in [6.07, 6.45) is 2.61. The molecule has 0 fully saturated rings. The molecule has 0 unspecified atom stereocenters. The first-order valence-electron chi connectivity index (χ1n) is 5.56. The predicted molar refractivity (Wildman–Crippen MR) is 63.0 cm³/mol. The van der Waals surface area contributed by atoms with Crippen LogP contribution in [0, 0.1) is 11.8 Å². The van der Waals surface area contributed by atoms with Gasteiger partial charge < -0.3 is 5.11 Å². The molecule has 0 atom stereocenters. The van der Waals surface area contributed by atoms with Crippen molar-refractivity contribution in [2.45, 2.75) is 61.3 Å². The first-order valence-corrected chi connectivity index (χ1v) is 5.56. The summed E-state index contributed by atoms with van der Waals surface area (Å²) >= 11 is 0. The molecule has 0 heterocycles. The van der Waals surface area contributed by atoms with Gasteiger partial charge in [0, 0.05) is 6.61 Å². The lowest BCUT2D eigenvalue weighted by atomic mass is 10.2. The zero-order valence-electron chi connectivity index (χ0n) is 10.7. The fraction of sp³-hybridized carbons (Fsp3) is 1.00. The van der Waals surface area contributed by atoms with Gasteiger partial charge in [-0.05, 0) is 18.8 Å². The largest absolute Gasteiger partial charge is 0.397 e. The minimum atomic E-state index is 0.250. The van der Waals surface area contributed by atoms with E-state index in [1.54, 1.807) is 6.92 Å². The van der Waals surface area contributed by atoms with Crippen molar-refractivity contribution < 1.29 is 5.11 Å². The quantitative estimate of drug-likeness (QED) is 0.695. The third-order valence-corrected chi connectivity index (χ3v) is 1.63. The third kappa shape index (κ3) is 75.7. The van der Waals surface area contributed by atoms with Crippen molar-refractivity contribution in [2.24, 2.45) is 11.8 Å². The second kappa shape index (κ2) is 17.9. The summed E-state index contributed by atoms with van der Waals surface area (Å²) in [6.45, 7) is 15.2. The van der Waals surface area contributed by atoms with Crippen molar-refractivity contribution in [1.82, 2.24) is 0 Å². The van der Waals surface area contributed by atoms with Crippen molar-refractivity contribution in [3.63, 3.8) is 0 Å². The van der Waals surface area contributed by atoms with Crippen molar-refractivity contribution in [1.29, 1.82) is 0 Å². The summed E-state index contributed by atoms with van der Waals surface area (Å²) in [6, 6.07) is 0. The maximum absolute atomic E-state index is 7.57. The molecule has 13 heavy (non-hydrogen) atoms. The molecule has 0 aliphatic rings. The summed E-state index contributed by atoms with van der Waals surface area (Å²) in [5, 5.41) is 7.57. The highest BCUT2D eigenvalue weighted by Crippen LogP contribution is 1.94. The molecule has 0 amide bonds. The molecule has 1 nitrogen and oxygen atoms in total. The highest BCUT2D eigenvalue weighted by atomic mass is 16.2. The van der Waals surface area contributed by atoms with Crippen molar-refractivity contribution in [3.05, 3.63) is 0 Å². The minimum Gasteiger partial charge on any atom is -0.397 e. The molecule has 0 aromatic rings. The Hall–Kier alpha value is -0.0400. The summed E-state index contributed by atoms with van der Waals surface area (Å²) < 4.78 is 0. The predicted octanol–water partition coefficient (Wildman–Crippen LogP) is 4.10. The average molecular weight is 190 g/mol. The smallest absolute Gasteiger partial charge is 0.0402 e. The highest BCUT2D eigenvalue weighted by Gasteiger charge is 1.80. The van der Waals surface area contributed by atoms with Crippen LogP contribution in [0.4, 0.5) is 0 Å². The highest BCUT2D eigenvalue weighted by molar-refractivity contribution is 4.33. The lowest BCUT2D eigenvalue weighted by Crippen LogP contribution is -1.77. The van der Waals surface area contributed by atoms with E-state index in [0.29, 0.717) is 0 Å². The van der Waals surface area contributed by atoms with Gasteiger partial charge in [0.15, 0.2) is 0 Å². The zero-order chi connectivity index (χ0) is 11.3. The number of aliphatic hydroxyl groups excluding tert-OH is 1. The van der Waals surface area contributed by atoms with Gasteiger partial charge in [-0.3, -0.25) is 0 Å². The Morgan fingerprint density at radius 1 is 0.769 bits per heavy atom. The summed E-state index contributed by atoms with van der Waals surface area (Å²) in [7, 11) is 0. The maximum atomic E-state index is 7.57. The van der Waals surface area contributed by atoms with Gasteiger partial charge in [0.05, 0.1) is 0 Å². The molecule has 0 aliphatic carbocycles. The molecule has 0 spiro atoms. The second-order valence-electron chi connectivity index (χ2n) is 3.92. The molecule has 84 valence electrons. The van der Waals surface area contributed by atoms with Gasteiger partial charge in [0.2, 0.25) is 0 Å². The van der Waals surface area contributed by atoms with Gasteiger partial charge >= 0.3 is 0 Å². The van der Waals surface area contributed by atoms with Crippen LogP contribution in [0.5, 0.6) is 0 Å². The van der Waals surface area contributed by atoms with Crippen LogP contribution in [0.3, 0.4) is 0 Å². The molecule has 0 aromatic carbocycles. The summed E-state index contributed by atoms with van der Waals surface area (Å²) in [5.74, 6) is 1.77. The van der Waals surface area contributed by atoms with Crippen LogP contribution in [0.25, 0.3) is 0 Å². The molecule has 1 N–H and O–H groups in total. The lowest BCUT2D eigenvalue weighted by molar-refractivity contribution is 0.318. The van der Waals surface area contributed by atoms with Gasteiger partial charge in [0.1, 0.15) is 0 Å². The van der Waals surface area contributed by atoms with E-state index in [-0.39, 0.29) is 6.61 Å². The first kappa shape index (κ1) is 18.7. The Labute approximate surface area is 85.6 Å². The van der Waals surface area contributed by atoms with Gasteiger partial charge in [-0.25, -0.2) is 0 Å². The number of hydrogen-bond donors (Lipinski definition) is 1. The second-order valence-corrected chi connectivity index (χ2v) is 3.92. The molecule has 0 saturated heterocycles. The topological polar surface area (TPSA) is 20.2 Å². The monoisotopic (exact) mass is 190 g/mol. The molecule has 0 radical (unpaired) electrons. The Balaban J connectivity index is -0.000000120. The summed E-state index contributed by atoms with van der Waals surface area (Å²) in [5.41, 5.74) is 0. The molecule has 0 rings (SSSR count). The third-order valence-electron chi connectivity index (χ3n) is 1.63. The van der Waals surface area contributed by atoms with Crippen LogP contribution in [-0.4, -0.2) is 11.7 Å². The van der Waals surface area contributed by atoms with E-state index in [1.807, 2.05) is 0 Å². The van der Waals surface area contributed by atoms with Crippen molar-refractivity contribution in [3.8, 4) is 0 Å².